The molecule has 0 unspecified atom stereocenters. The van der Waals surface area contributed by atoms with Gasteiger partial charge in [-0.1, -0.05) is 42.5 Å². The van der Waals surface area contributed by atoms with Gasteiger partial charge in [0.15, 0.2) is 0 Å². The summed E-state index contributed by atoms with van der Waals surface area (Å²) in [6, 6.07) is 17.9. The first-order valence-electron chi connectivity index (χ1n) is 11.7. The second kappa shape index (κ2) is 8.20. The largest absolute Gasteiger partial charge is 0.417 e. The first-order valence-corrected chi connectivity index (χ1v) is 11.7. The van der Waals surface area contributed by atoms with Gasteiger partial charge in [0, 0.05) is 17.8 Å². The highest BCUT2D eigenvalue weighted by Crippen LogP contribution is 2.43. The van der Waals surface area contributed by atoms with Crippen LogP contribution in [0.4, 0.5) is 26.3 Å². The standard InChI is InChI=1S/C29H16F6N2O2/c1-36-26(38)20-6-4-8-23(25(20)27(36)39)37-22-7-3-2-5-18(22)19-11-9-15(13-24(19)37)17-12-10-16(28(30,31)32)14-21(17)29(33,34)35/h2-14H,1H3. The molecule has 0 saturated carbocycles. The molecule has 2 heterocycles. The smallest absolute Gasteiger partial charge is 0.308 e. The van der Waals surface area contributed by atoms with Crippen molar-refractivity contribution in [3.63, 3.8) is 0 Å². The summed E-state index contributed by atoms with van der Waals surface area (Å²) >= 11 is 0. The van der Waals surface area contributed by atoms with E-state index in [0.29, 0.717) is 28.2 Å². The number of halogens is 6. The van der Waals surface area contributed by atoms with Crippen molar-refractivity contribution < 1.29 is 35.9 Å². The first kappa shape index (κ1) is 24.7. The number of benzene rings is 4. The zero-order valence-electron chi connectivity index (χ0n) is 20.0. The molecule has 0 radical (unpaired) electrons. The fraction of sp³-hybridized carbons (Fsp3) is 0.103. The summed E-state index contributed by atoms with van der Waals surface area (Å²) < 4.78 is 83.2. The number of amides is 2. The van der Waals surface area contributed by atoms with Crippen molar-refractivity contribution in [2.24, 2.45) is 0 Å². The summed E-state index contributed by atoms with van der Waals surface area (Å²) in [6.07, 6.45) is -9.99. The molecule has 1 aliphatic rings. The van der Waals surface area contributed by atoms with Crippen molar-refractivity contribution in [3.05, 3.63) is 101 Å². The number of carbonyl (C=O) groups excluding carboxylic acids is 2. The molecule has 1 aliphatic heterocycles. The minimum atomic E-state index is -5.05. The Morgan fingerprint density at radius 1 is 0.641 bits per heavy atom. The maximum absolute atomic E-state index is 13.9. The van der Waals surface area contributed by atoms with Gasteiger partial charge >= 0.3 is 12.4 Å². The minimum absolute atomic E-state index is 0.0414. The predicted molar refractivity (Wildman–Crippen MR) is 133 cm³/mol. The fourth-order valence-corrected chi connectivity index (χ4v) is 5.17. The Hall–Kier alpha value is -4.60. The van der Waals surface area contributed by atoms with Gasteiger partial charge in [0.05, 0.1) is 39.0 Å². The van der Waals surface area contributed by atoms with Crippen LogP contribution in [-0.4, -0.2) is 28.3 Å². The average molecular weight is 538 g/mol. The number of alkyl halides is 6. The van der Waals surface area contributed by atoms with E-state index in [-0.39, 0.29) is 22.8 Å². The van der Waals surface area contributed by atoms with Crippen molar-refractivity contribution in [2.75, 3.05) is 7.05 Å². The van der Waals surface area contributed by atoms with E-state index in [4.69, 9.17) is 0 Å². The zero-order valence-corrected chi connectivity index (χ0v) is 20.0. The highest BCUT2D eigenvalue weighted by atomic mass is 19.4. The molecule has 0 spiro atoms. The van der Waals surface area contributed by atoms with Crippen molar-refractivity contribution >= 4 is 33.6 Å². The van der Waals surface area contributed by atoms with Crippen LogP contribution in [0.5, 0.6) is 0 Å². The van der Waals surface area contributed by atoms with Crippen LogP contribution in [0.2, 0.25) is 0 Å². The lowest BCUT2D eigenvalue weighted by molar-refractivity contribution is -0.142. The fourth-order valence-electron chi connectivity index (χ4n) is 5.17. The van der Waals surface area contributed by atoms with E-state index in [0.717, 1.165) is 16.4 Å². The molecule has 6 rings (SSSR count). The van der Waals surface area contributed by atoms with E-state index in [1.165, 1.54) is 25.2 Å². The zero-order chi connectivity index (χ0) is 27.9. The minimum Gasteiger partial charge on any atom is -0.308 e. The van der Waals surface area contributed by atoms with Gasteiger partial charge in [-0.25, -0.2) is 0 Å². The summed E-state index contributed by atoms with van der Waals surface area (Å²) in [4.78, 5) is 26.7. The molecular weight excluding hydrogens is 522 g/mol. The third-order valence-corrected chi connectivity index (χ3v) is 6.97. The SMILES string of the molecule is CN1C(=O)c2cccc(-n3c4ccccc4c4ccc(-c5ccc(C(F)(F)F)cc5C(F)(F)F)cc43)c2C1=O. The van der Waals surface area contributed by atoms with Gasteiger partial charge in [0.25, 0.3) is 11.8 Å². The monoisotopic (exact) mass is 538 g/mol. The van der Waals surface area contributed by atoms with E-state index < -0.39 is 40.9 Å². The molecule has 196 valence electrons. The van der Waals surface area contributed by atoms with Crippen LogP contribution in [0.1, 0.15) is 31.8 Å². The molecule has 0 aliphatic carbocycles. The number of rotatable bonds is 2. The maximum Gasteiger partial charge on any atom is 0.417 e. The number of imide groups is 1. The van der Waals surface area contributed by atoms with Crippen LogP contribution < -0.4 is 0 Å². The molecule has 1 aromatic heterocycles. The van der Waals surface area contributed by atoms with Gasteiger partial charge in [-0.2, -0.15) is 26.3 Å². The number of hydrogen-bond acceptors (Lipinski definition) is 2. The number of para-hydroxylation sites is 1. The number of carbonyl (C=O) groups is 2. The van der Waals surface area contributed by atoms with Crippen LogP contribution in [0.15, 0.2) is 78.9 Å². The lowest BCUT2D eigenvalue weighted by Crippen LogP contribution is -2.24. The molecular formula is C29H16F6N2O2. The van der Waals surface area contributed by atoms with Gasteiger partial charge in [0.1, 0.15) is 0 Å². The molecule has 0 fully saturated rings. The summed E-state index contributed by atoms with van der Waals surface area (Å²) in [5.41, 5.74) is -1.42. The number of hydrogen-bond donors (Lipinski definition) is 0. The number of aromatic nitrogens is 1. The Labute approximate surface area is 216 Å². The second-order valence-corrected chi connectivity index (χ2v) is 9.21. The Kier molecular flexibility index (Phi) is 5.20. The number of nitrogens with zero attached hydrogens (tertiary/aromatic N) is 2. The highest BCUT2D eigenvalue weighted by Gasteiger charge is 2.39. The molecule has 10 heteroatoms. The van der Waals surface area contributed by atoms with Crippen LogP contribution >= 0.6 is 0 Å². The normalized spacial score (nSPS) is 14.1. The molecule has 2 amide bonds. The van der Waals surface area contributed by atoms with E-state index in [9.17, 15) is 35.9 Å². The summed E-state index contributed by atoms with van der Waals surface area (Å²) in [7, 11) is 1.36. The molecule has 4 aromatic carbocycles. The Bertz CT molecular complexity index is 1850. The van der Waals surface area contributed by atoms with Crippen molar-refractivity contribution in [2.45, 2.75) is 12.4 Å². The summed E-state index contributed by atoms with van der Waals surface area (Å²) in [5, 5.41) is 1.39. The Morgan fingerprint density at radius 2 is 1.36 bits per heavy atom. The molecule has 0 saturated heterocycles. The molecule has 39 heavy (non-hydrogen) atoms. The van der Waals surface area contributed by atoms with Crippen LogP contribution in [0, 0.1) is 0 Å². The number of fused-ring (bicyclic) bond motifs is 4. The third-order valence-electron chi connectivity index (χ3n) is 6.97. The quantitative estimate of drug-likeness (QED) is 0.171. The van der Waals surface area contributed by atoms with Crippen LogP contribution in [0.25, 0.3) is 38.6 Å². The van der Waals surface area contributed by atoms with Crippen molar-refractivity contribution in [1.29, 1.82) is 0 Å². The maximum atomic E-state index is 13.9. The van der Waals surface area contributed by atoms with Gasteiger partial charge in [-0.05, 0) is 47.5 Å². The van der Waals surface area contributed by atoms with E-state index >= 15 is 0 Å². The summed E-state index contributed by atoms with van der Waals surface area (Å²) in [5.74, 6) is -0.993. The Morgan fingerprint density at radius 3 is 2.08 bits per heavy atom. The Balaban J connectivity index is 1.67. The molecule has 0 bridgehead atoms. The van der Waals surface area contributed by atoms with E-state index in [1.54, 1.807) is 41.0 Å². The lowest BCUT2D eigenvalue weighted by atomic mass is 9.96. The molecule has 0 atom stereocenters. The van der Waals surface area contributed by atoms with Crippen LogP contribution in [-0.2, 0) is 12.4 Å². The second-order valence-electron chi connectivity index (χ2n) is 9.21. The molecule has 4 nitrogen and oxygen atoms in total. The van der Waals surface area contributed by atoms with Gasteiger partial charge in [-0.15, -0.1) is 0 Å². The molecule has 0 N–H and O–H groups in total. The third kappa shape index (κ3) is 3.70. The topological polar surface area (TPSA) is 42.3 Å². The first-order chi connectivity index (χ1) is 18.4. The van der Waals surface area contributed by atoms with Gasteiger partial charge < -0.3 is 4.57 Å². The summed E-state index contributed by atoms with van der Waals surface area (Å²) in [6.45, 7) is 0. The predicted octanol–water partition coefficient (Wildman–Crippen LogP) is 7.71. The average Bonchev–Trinajstić information content (AvgIpc) is 3.34. The van der Waals surface area contributed by atoms with Crippen molar-refractivity contribution in [3.8, 4) is 16.8 Å². The molecule has 5 aromatic rings. The van der Waals surface area contributed by atoms with Crippen molar-refractivity contribution in [1.82, 2.24) is 9.47 Å². The highest BCUT2D eigenvalue weighted by molar-refractivity contribution is 6.23. The van der Waals surface area contributed by atoms with Crippen LogP contribution in [0.3, 0.4) is 0 Å². The van der Waals surface area contributed by atoms with E-state index in [1.807, 2.05) is 6.07 Å². The van der Waals surface area contributed by atoms with Gasteiger partial charge in [-0.3, -0.25) is 14.5 Å². The lowest BCUT2D eigenvalue weighted by Gasteiger charge is -2.17. The van der Waals surface area contributed by atoms with E-state index in [2.05, 4.69) is 0 Å². The van der Waals surface area contributed by atoms with Gasteiger partial charge in [0.2, 0.25) is 0 Å².